The molecule has 0 bridgehead atoms. The lowest BCUT2D eigenvalue weighted by Crippen LogP contribution is -2.01. The number of nitrogens with one attached hydrogen (secondary N) is 1. The molecule has 5 nitrogen and oxygen atoms in total. The zero-order valence-electron chi connectivity index (χ0n) is 10.6. The van der Waals surface area contributed by atoms with Gasteiger partial charge in [-0.15, -0.1) is 0 Å². The van der Waals surface area contributed by atoms with Crippen LogP contribution in [0.15, 0.2) is 36.5 Å². The second-order valence-corrected chi connectivity index (χ2v) is 4.14. The van der Waals surface area contributed by atoms with E-state index in [0.29, 0.717) is 28.1 Å². The number of pyridine rings is 1. The van der Waals surface area contributed by atoms with Crippen molar-refractivity contribution in [2.24, 2.45) is 0 Å². The van der Waals surface area contributed by atoms with Gasteiger partial charge in [-0.05, 0) is 24.3 Å². The fraction of sp³-hybridized carbons (Fsp3) is 0.0714. The first-order chi connectivity index (χ1) is 9.69. The predicted octanol–water partition coefficient (Wildman–Crippen LogP) is 2.55. The fourth-order valence-electron chi connectivity index (χ4n) is 1.94. The van der Waals surface area contributed by atoms with Gasteiger partial charge in [0.05, 0.1) is 24.4 Å². The summed E-state index contributed by atoms with van der Waals surface area (Å²) >= 11 is 0. The number of aromatic nitrogens is 3. The van der Waals surface area contributed by atoms with Gasteiger partial charge in [0, 0.05) is 0 Å². The normalized spacial score (nSPS) is 10.7. The van der Waals surface area contributed by atoms with E-state index in [4.69, 9.17) is 4.74 Å². The Kier molecular flexibility index (Phi) is 2.90. The molecule has 1 aromatic carbocycles. The lowest BCUT2D eigenvalue weighted by atomic mass is 10.2. The smallest absolute Gasteiger partial charge is 0.340 e. The topological polar surface area (TPSA) is 67.9 Å². The molecule has 100 valence electrons. The van der Waals surface area contributed by atoms with Crippen LogP contribution in [0.3, 0.4) is 0 Å². The largest absolute Gasteiger partial charge is 0.465 e. The fourth-order valence-corrected chi connectivity index (χ4v) is 1.94. The molecule has 0 radical (unpaired) electrons. The van der Waals surface area contributed by atoms with Crippen molar-refractivity contribution < 1.29 is 13.9 Å². The third-order valence-electron chi connectivity index (χ3n) is 2.89. The maximum atomic E-state index is 12.9. The number of esters is 1. The molecule has 3 rings (SSSR count). The Balaban J connectivity index is 2.15. The number of carbonyl (C=O) groups is 1. The average Bonchev–Trinajstić information content (AvgIpc) is 2.91. The Morgan fingerprint density at radius 2 is 2.15 bits per heavy atom. The molecule has 0 aliphatic heterocycles. The zero-order chi connectivity index (χ0) is 14.1. The van der Waals surface area contributed by atoms with Crippen LogP contribution in [0.4, 0.5) is 4.39 Å². The summed E-state index contributed by atoms with van der Waals surface area (Å²) in [6, 6.07) is 7.98. The Morgan fingerprint density at radius 3 is 2.85 bits per heavy atom. The second-order valence-electron chi connectivity index (χ2n) is 4.14. The maximum Gasteiger partial charge on any atom is 0.340 e. The van der Waals surface area contributed by atoms with Crippen LogP contribution in [0, 0.1) is 5.82 Å². The van der Waals surface area contributed by atoms with Crippen LogP contribution in [-0.4, -0.2) is 28.0 Å². The Bertz CT molecular complexity index is 781. The van der Waals surface area contributed by atoms with E-state index in [-0.39, 0.29) is 0 Å². The van der Waals surface area contributed by atoms with Crippen LogP contribution in [0.25, 0.3) is 22.6 Å². The number of carbonyl (C=O) groups excluding carboxylic acids is 1. The number of para-hydroxylation sites is 1. The standard InChI is InChI=1S/C14H10FN3O2/c1-20-14(19)9-3-2-4-10-12(9)18-13(17-10)11-6-5-8(15)7-16-11/h2-7H,1H3,(H,17,18). The summed E-state index contributed by atoms with van der Waals surface area (Å²) in [6.07, 6.45) is 1.11. The highest BCUT2D eigenvalue weighted by Gasteiger charge is 2.14. The monoisotopic (exact) mass is 271 g/mol. The molecule has 0 aliphatic carbocycles. The highest BCUT2D eigenvalue weighted by molar-refractivity contribution is 6.02. The summed E-state index contributed by atoms with van der Waals surface area (Å²) in [6.45, 7) is 0. The number of fused-ring (bicyclic) bond motifs is 1. The van der Waals surface area contributed by atoms with Gasteiger partial charge in [0.25, 0.3) is 0 Å². The van der Waals surface area contributed by atoms with E-state index in [1.54, 1.807) is 18.2 Å². The molecule has 1 N–H and O–H groups in total. The molecule has 0 saturated carbocycles. The van der Waals surface area contributed by atoms with Gasteiger partial charge in [0.1, 0.15) is 17.0 Å². The van der Waals surface area contributed by atoms with E-state index < -0.39 is 11.8 Å². The van der Waals surface area contributed by atoms with E-state index in [2.05, 4.69) is 15.0 Å². The van der Waals surface area contributed by atoms with Crippen molar-refractivity contribution in [3.05, 3.63) is 47.9 Å². The second kappa shape index (κ2) is 4.73. The third-order valence-corrected chi connectivity index (χ3v) is 2.89. The molecule has 0 unspecified atom stereocenters. The lowest BCUT2D eigenvalue weighted by Gasteiger charge is -1.98. The van der Waals surface area contributed by atoms with Crippen LogP contribution < -0.4 is 0 Å². The molecule has 0 saturated heterocycles. The molecule has 6 heteroatoms. The summed E-state index contributed by atoms with van der Waals surface area (Å²) in [7, 11) is 1.32. The number of ether oxygens (including phenoxy) is 1. The number of benzene rings is 1. The van der Waals surface area contributed by atoms with Gasteiger partial charge in [-0.2, -0.15) is 0 Å². The van der Waals surface area contributed by atoms with Crippen molar-refractivity contribution in [2.45, 2.75) is 0 Å². The molecule has 0 amide bonds. The van der Waals surface area contributed by atoms with Crippen LogP contribution >= 0.6 is 0 Å². The van der Waals surface area contributed by atoms with Crippen molar-refractivity contribution in [3.8, 4) is 11.5 Å². The summed E-state index contributed by atoms with van der Waals surface area (Å²) in [5, 5.41) is 0. The molecule has 0 atom stereocenters. The molecule has 2 heterocycles. The number of imidazole rings is 1. The molecule has 0 aliphatic rings. The minimum atomic E-state index is -0.458. The molecule has 2 aromatic heterocycles. The Morgan fingerprint density at radius 1 is 1.30 bits per heavy atom. The first kappa shape index (κ1) is 12.3. The summed E-state index contributed by atoms with van der Waals surface area (Å²) in [5.41, 5.74) is 2.06. The number of aromatic amines is 1. The maximum absolute atomic E-state index is 12.9. The van der Waals surface area contributed by atoms with Crippen LogP contribution in [0.2, 0.25) is 0 Å². The van der Waals surface area contributed by atoms with Crippen molar-refractivity contribution in [1.29, 1.82) is 0 Å². The first-order valence-corrected chi connectivity index (χ1v) is 5.88. The quantitative estimate of drug-likeness (QED) is 0.727. The van der Waals surface area contributed by atoms with Gasteiger partial charge in [-0.3, -0.25) is 0 Å². The molecule has 3 aromatic rings. The molecular formula is C14H10FN3O2. The van der Waals surface area contributed by atoms with Crippen molar-refractivity contribution in [1.82, 2.24) is 15.0 Å². The summed E-state index contributed by atoms with van der Waals surface area (Å²) < 4.78 is 17.6. The van der Waals surface area contributed by atoms with Gasteiger partial charge < -0.3 is 9.72 Å². The third kappa shape index (κ3) is 2.01. The van der Waals surface area contributed by atoms with E-state index in [9.17, 15) is 9.18 Å². The summed E-state index contributed by atoms with van der Waals surface area (Å²) in [5.74, 6) is -0.405. The molecular weight excluding hydrogens is 261 g/mol. The first-order valence-electron chi connectivity index (χ1n) is 5.88. The number of nitrogens with zero attached hydrogens (tertiary/aromatic N) is 2. The summed E-state index contributed by atoms with van der Waals surface area (Å²) in [4.78, 5) is 23.0. The molecule has 0 fully saturated rings. The number of rotatable bonds is 2. The van der Waals surface area contributed by atoms with Gasteiger partial charge >= 0.3 is 5.97 Å². The lowest BCUT2D eigenvalue weighted by molar-refractivity contribution is 0.0603. The van der Waals surface area contributed by atoms with Crippen LogP contribution in [0.5, 0.6) is 0 Å². The van der Waals surface area contributed by atoms with Crippen LogP contribution in [-0.2, 0) is 4.74 Å². The average molecular weight is 271 g/mol. The number of methoxy groups -OCH3 is 1. The SMILES string of the molecule is COC(=O)c1cccc2[nH]c(-c3ccc(F)cn3)nc12. The van der Waals surface area contributed by atoms with E-state index in [0.717, 1.165) is 6.20 Å². The number of H-pyrrole nitrogens is 1. The minimum absolute atomic E-state index is 0.370. The zero-order valence-corrected chi connectivity index (χ0v) is 10.6. The van der Waals surface area contributed by atoms with Crippen molar-refractivity contribution >= 4 is 17.0 Å². The van der Waals surface area contributed by atoms with E-state index >= 15 is 0 Å². The number of hydrogen-bond acceptors (Lipinski definition) is 4. The van der Waals surface area contributed by atoms with Crippen LogP contribution in [0.1, 0.15) is 10.4 Å². The van der Waals surface area contributed by atoms with E-state index in [1.165, 1.54) is 19.2 Å². The van der Waals surface area contributed by atoms with Crippen molar-refractivity contribution in [3.63, 3.8) is 0 Å². The van der Waals surface area contributed by atoms with Gasteiger partial charge in [-0.1, -0.05) is 6.07 Å². The van der Waals surface area contributed by atoms with Gasteiger partial charge in [-0.25, -0.2) is 19.2 Å². The number of hydrogen-bond donors (Lipinski definition) is 1. The van der Waals surface area contributed by atoms with Gasteiger partial charge in [0.15, 0.2) is 5.82 Å². The van der Waals surface area contributed by atoms with Crippen molar-refractivity contribution in [2.75, 3.05) is 7.11 Å². The highest BCUT2D eigenvalue weighted by atomic mass is 19.1. The predicted molar refractivity (Wildman–Crippen MR) is 70.6 cm³/mol. The van der Waals surface area contributed by atoms with Gasteiger partial charge in [0.2, 0.25) is 0 Å². The van der Waals surface area contributed by atoms with E-state index in [1.807, 2.05) is 0 Å². The Labute approximate surface area is 113 Å². The number of halogens is 1. The Hall–Kier alpha value is -2.76. The molecule has 0 spiro atoms. The molecule has 20 heavy (non-hydrogen) atoms. The minimum Gasteiger partial charge on any atom is -0.465 e. The highest BCUT2D eigenvalue weighted by Crippen LogP contribution is 2.22.